The van der Waals surface area contributed by atoms with Crippen LogP contribution in [-0.4, -0.2) is 0 Å². The van der Waals surface area contributed by atoms with E-state index in [0.717, 1.165) is 6.42 Å². The second-order valence-corrected chi connectivity index (χ2v) is 4.36. The monoisotopic (exact) mass is 226 g/mol. The predicted octanol–water partition coefficient (Wildman–Crippen LogP) is 4.92. The van der Waals surface area contributed by atoms with Crippen LogP contribution in [0.5, 0.6) is 0 Å². The van der Waals surface area contributed by atoms with Crippen molar-refractivity contribution in [2.45, 2.75) is 34.1 Å². The van der Waals surface area contributed by atoms with E-state index < -0.39 is 0 Å². The van der Waals surface area contributed by atoms with Gasteiger partial charge in [-0.15, -0.1) is 0 Å². The van der Waals surface area contributed by atoms with Crippen LogP contribution < -0.4 is 0 Å². The van der Waals surface area contributed by atoms with Crippen LogP contribution in [0.2, 0.25) is 0 Å². The zero-order chi connectivity index (χ0) is 12.7. The molecule has 0 fully saturated rings. The Morgan fingerprint density at radius 3 is 2.41 bits per heavy atom. The van der Waals surface area contributed by atoms with E-state index in [-0.39, 0.29) is 0 Å². The highest BCUT2D eigenvalue weighted by Gasteiger charge is 1.98. The van der Waals surface area contributed by atoms with Crippen molar-refractivity contribution >= 4 is 0 Å². The number of allylic oxidation sites excluding steroid dienone is 6. The predicted molar refractivity (Wildman–Crippen MR) is 77.3 cm³/mol. The molecule has 1 aromatic rings. The lowest BCUT2D eigenvalue weighted by molar-refractivity contribution is 1.17. The molecule has 0 unspecified atom stereocenters. The maximum absolute atomic E-state index is 2.28. The molecule has 0 aromatic heterocycles. The normalized spacial score (nSPS) is 12.8. The van der Waals surface area contributed by atoms with E-state index in [1.165, 1.54) is 22.3 Å². The Morgan fingerprint density at radius 1 is 1.06 bits per heavy atom. The molecule has 0 aliphatic heterocycles. The average molecular weight is 226 g/mol. The van der Waals surface area contributed by atoms with Gasteiger partial charge >= 0.3 is 0 Å². The van der Waals surface area contributed by atoms with Gasteiger partial charge in [0.05, 0.1) is 0 Å². The molecule has 0 saturated carbocycles. The Balaban J connectivity index is 2.89. The smallest absolute Gasteiger partial charge is 0.00258 e. The molecule has 90 valence electrons. The molecule has 1 aromatic carbocycles. The highest BCUT2D eigenvalue weighted by atomic mass is 14.0. The molecule has 0 heterocycles. The quantitative estimate of drug-likeness (QED) is 0.639. The summed E-state index contributed by atoms with van der Waals surface area (Å²) in [4.78, 5) is 0. The standard InChI is InChI=1S/C17H22/c1-5-7-9-16(8-6-2)13-17-11-10-14(3)15(4)12-17/h5-12H,13H2,1-4H3/b7-5+,8-6+,16-9+. The molecular formula is C17H22. The van der Waals surface area contributed by atoms with E-state index in [0.29, 0.717) is 0 Å². The lowest BCUT2D eigenvalue weighted by Crippen LogP contribution is -1.90. The first kappa shape index (κ1) is 13.5. The first-order chi connectivity index (χ1) is 8.17. The highest BCUT2D eigenvalue weighted by molar-refractivity contribution is 5.35. The highest BCUT2D eigenvalue weighted by Crippen LogP contribution is 2.14. The number of aryl methyl sites for hydroxylation is 2. The van der Waals surface area contributed by atoms with E-state index in [9.17, 15) is 0 Å². The zero-order valence-corrected chi connectivity index (χ0v) is 11.3. The third-order valence-corrected chi connectivity index (χ3v) is 2.86. The van der Waals surface area contributed by atoms with Crippen LogP contribution in [0, 0.1) is 13.8 Å². The van der Waals surface area contributed by atoms with Gasteiger partial charge in [-0.1, -0.05) is 48.6 Å². The molecule has 0 atom stereocenters. The second-order valence-electron chi connectivity index (χ2n) is 4.36. The van der Waals surface area contributed by atoms with Gasteiger partial charge in [0.1, 0.15) is 0 Å². The van der Waals surface area contributed by atoms with Crippen LogP contribution in [0.25, 0.3) is 0 Å². The van der Waals surface area contributed by atoms with Crippen LogP contribution >= 0.6 is 0 Å². The van der Waals surface area contributed by atoms with Gasteiger partial charge in [-0.3, -0.25) is 0 Å². The largest absolute Gasteiger partial charge is 0.0877 e. The minimum atomic E-state index is 0.996. The first-order valence-electron chi connectivity index (χ1n) is 6.18. The maximum atomic E-state index is 2.28. The topological polar surface area (TPSA) is 0 Å². The van der Waals surface area contributed by atoms with Gasteiger partial charge in [0.25, 0.3) is 0 Å². The lowest BCUT2D eigenvalue weighted by Gasteiger charge is -2.06. The Hall–Kier alpha value is -1.56. The number of hydrogen-bond donors (Lipinski definition) is 0. The van der Waals surface area contributed by atoms with Gasteiger partial charge in [0, 0.05) is 0 Å². The third-order valence-electron chi connectivity index (χ3n) is 2.86. The molecule has 0 amide bonds. The van der Waals surface area contributed by atoms with Crippen molar-refractivity contribution in [1.29, 1.82) is 0 Å². The number of rotatable bonds is 4. The van der Waals surface area contributed by atoms with Crippen molar-refractivity contribution in [2.24, 2.45) is 0 Å². The molecule has 0 saturated heterocycles. The van der Waals surface area contributed by atoms with Crippen molar-refractivity contribution in [2.75, 3.05) is 0 Å². The summed E-state index contributed by atoms with van der Waals surface area (Å²) in [7, 11) is 0. The molecule has 0 radical (unpaired) electrons. The first-order valence-corrected chi connectivity index (χ1v) is 6.18. The molecule has 1 rings (SSSR count). The summed E-state index contributed by atoms with van der Waals surface area (Å²) in [5, 5.41) is 0. The summed E-state index contributed by atoms with van der Waals surface area (Å²) in [6.07, 6.45) is 11.6. The van der Waals surface area contributed by atoms with Crippen molar-refractivity contribution in [3.05, 3.63) is 70.8 Å². The summed E-state index contributed by atoms with van der Waals surface area (Å²) < 4.78 is 0. The van der Waals surface area contributed by atoms with E-state index in [4.69, 9.17) is 0 Å². The van der Waals surface area contributed by atoms with Gasteiger partial charge in [0.2, 0.25) is 0 Å². The number of benzene rings is 1. The van der Waals surface area contributed by atoms with Crippen LogP contribution in [0.3, 0.4) is 0 Å². The van der Waals surface area contributed by atoms with Gasteiger partial charge in [0.15, 0.2) is 0 Å². The van der Waals surface area contributed by atoms with Gasteiger partial charge in [-0.05, 0) is 56.4 Å². The van der Waals surface area contributed by atoms with Crippen LogP contribution in [-0.2, 0) is 6.42 Å². The molecule has 0 N–H and O–H groups in total. The zero-order valence-electron chi connectivity index (χ0n) is 11.3. The summed E-state index contributed by atoms with van der Waals surface area (Å²) in [5.41, 5.74) is 5.45. The van der Waals surface area contributed by atoms with Gasteiger partial charge in [-0.2, -0.15) is 0 Å². The van der Waals surface area contributed by atoms with Crippen molar-refractivity contribution < 1.29 is 0 Å². The van der Waals surface area contributed by atoms with Gasteiger partial charge < -0.3 is 0 Å². The average Bonchev–Trinajstić information content (AvgIpc) is 2.31. The minimum Gasteiger partial charge on any atom is -0.0877 e. The summed E-state index contributed by atoms with van der Waals surface area (Å²) in [5.74, 6) is 0. The summed E-state index contributed by atoms with van der Waals surface area (Å²) in [6.45, 7) is 8.43. The van der Waals surface area contributed by atoms with Crippen molar-refractivity contribution in [3.63, 3.8) is 0 Å². The van der Waals surface area contributed by atoms with Crippen molar-refractivity contribution in [3.8, 4) is 0 Å². The van der Waals surface area contributed by atoms with E-state index >= 15 is 0 Å². The Labute approximate surface area is 105 Å². The molecule has 0 bridgehead atoms. The summed E-state index contributed by atoms with van der Waals surface area (Å²) >= 11 is 0. The SMILES string of the molecule is C/C=C/C=C(\C=C\C)Cc1ccc(C)c(C)c1. The molecule has 0 heteroatoms. The number of hydrogen-bond acceptors (Lipinski definition) is 0. The molecular weight excluding hydrogens is 204 g/mol. The van der Waals surface area contributed by atoms with Crippen LogP contribution in [0.4, 0.5) is 0 Å². The molecule has 0 aliphatic rings. The van der Waals surface area contributed by atoms with Crippen molar-refractivity contribution in [1.82, 2.24) is 0 Å². The molecule has 17 heavy (non-hydrogen) atoms. The maximum Gasteiger partial charge on any atom is -0.00258 e. The Bertz CT molecular complexity index is 445. The van der Waals surface area contributed by atoms with E-state index in [1.807, 2.05) is 6.92 Å². The lowest BCUT2D eigenvalue weighted by atomic mass is 10.00. The fourth-order valence-electron chi connectivity index (χ4n) is 1.76. The van der Waals surface area contributed by atoms with Gasteiger partial charge in [-0.25, -0.2) is 0 Å². The fraction of sp³-hybridized carbons (Fsp3) is 0.294. The van der Waals surface area contributed by atoms with Crippen LogP contribution in [0.1, 0.15) is 30.5 Å². The van der Waals surface area contributed by atoms with E-state index in [2.05, 4.69) is 69.4 Å². The Morgan fingerprint density at radius 2 is 1.82 bits per heavy atom. The minimum absolute atomic E-state index is 0.996. The molecule has 0 nitrogen and oxygen atoms in total. The summed E-state index contributed by atoms with van der Waals surface area (Å²) in [6, 6.07) is 6.70. The Kier molecular flexibility index (Phi) is 5.48. The molecule has 0 spiro atoms. The molecule has 0 aliphatic carbocycles. The van der Waals surface area contributed by atoms with E-state index in [1.54, 1.807) is 0 Å². The second kappa shape index (κ2) is 6.90. The fourth-order valence-corrected chi connectivity index (χ4v) is 1.76. The van der Waals surface area contributed by atoms with Crippen LogP contribution in [0.15, 0.2) is 54.2 Å². The third kappa shape index (κ3) is 4.44.